The largest absolute Gasteiger partial charge is 0.381 e. The van der Waals surface area contributed by atoms with Crippen molar-refractivity contribution in [1.82, 2.24) is 5.32 Å². The first kappa shape index (κ1) is 10.0. The highest BCUT2D eigenvalue weighted by Gasteiger charge is 2.12. The van der Waals surface area contributed by atoms with Gasteiger partial charge in [0.15, 0.2) is 0 Å². The molecule has 2 heteroatoms. The van der Waals surface area contributed by atoms with E-state index in [1.165, 1.54) is 12.8 Å². The van der Waals surface area contributed by atoms with Gasteiger partial charge in [0.1, 0.15) is 0 Å². The van der Waals surface area contributed by atoms with Crippen molar-refractivity contribution in [2.24, 2.45) is 11.8 Å². The minimum absolute atomic E-state index is 0.759. The Kier molecular flexibility index (Phi) is 4.62. The highest BCUT2D eigenvalue weighted by molar-refractivity contribution is 4.66. The fourth-order valence-corrected chi connectivity index (χ4v) is 1.54. The lowest BCUT2D eigenvalue weighted by molar-refractivity contribution is 0.0546. The van der Waals surface area contributed by atoms with E-state index in [1.807, 2.05) is 0 Å². The summed E-state index contributed by atoms with van der Waals surface area (Å²) in [6.07, 6.45) is 2.58. The first-order valence-corrected chi connectivity index (χ1v) is 5.07. The van der Waals surface area contributed by atoms with E-state index in [2.05, 4.69) is 19.2 Å². The number of rotatable bonds is 4. The van der Waals surface area contributed by atoms with Gasteiger partial charge in [-0.05, 0) is 31.2 Å². The summed E-state index contributed by atoms with van der Waals surface area (Å²) < 4.78 is 5.40. The Morgan fingerprint density at radius 2 is 2.33 bits per heavy atom. The number of hydrogen-bond acceptors (Lipinski definition) is 2. The first-order chi connectivity index (χ1) is 5.79. The molecule has 2 nitrogen and oxygen atoms in total. The van der Waals surface area contributed by atoms with E-state index in [0.29, 0.717) is 0 Å². The van der Waals surface area contributed by atoms with Crippen LogP contribution in [0.25, 0.3) is 0 Å². The molecule has 1 heterocycles. The Labute approximate surface area is 75.7 Å². The van der Waals surface area contributed by atoms with Crippen LogP contribution in [-0.4, -0.2) is 26.3 Å². The zero-order chi connectivity index (χ0) is 8.81. The SMILES string of the molecule is CC(C)CNCC1CCCOC1. The van der Waals surface area contributed by atoms with Gasteiger partial charge in [0, 0.05) is 13.2 Å². The molecule has 1 aliphatic rings. The molecule has 0 spiro atoms. The van der Waals surface area contributed by atoms with Crippen molar-refractivity contribution in [3.8, 4) is 0 Å². The van der Waals surface area contributed by atoms with E-state index in [4.69, 9.17) is 4.74 Å². The number of hydrogen-bond donors (Lipinski definition) is 1. The van der Waals surface area contributed by atoms with Gasteiger partial charge in [-0.1, -0.05) is 13.8 Å². The van der Waals surface area contributed by atoms with Gasteiger partial charge in [0.2, 0.25) is 0 Å². The Bertz CT molecular complexity index is 108. The lowest BCUT2D eigenvalue weighted by Crippen LogP contribution is -2.31. The van der Waals surface area contributed by atoms with Gasteiger partial charge in [0.05, 0.1) is 6.61 Å². The van der Waals surface area contributed by atoms with E-state index in [-0.39, 0.29) is 0 Å². The van der Waals surface area contributed by atoms with Gasteiger partial charge in [-0.25, -0.2) is 0 Å². The minimum atomic E-state index is 0.759. The van der Waals surface area contributed by atoms with Crippen molar-refractivity contribution in [3.05, 3.63) is 0 Å². The van der Waals surface area contributed by atoms with Crippen molar-refractivity contribution < 1.29 is 4.74 Å². The molecule has 1 fully saturated rings. The summed E-state index contributed by atoms with van der Waals surface area (Å²) in [5.74, 6) is 1.52. The van der Waals surface area contributed by atoms with Crippen molar-refractivity contribution in [3.63, 3.8) is 0 Å². The van der Waals surface area contributed by atoms with Crippen LogP contribution in [0.4, 0.5) is 0 Å². The average Bonchev–Trinajstić information content (AvgIpc) is 2.05. The summed E-state index contributed by atoms with van der Waals surface area (Å²) in [5.41, 5.74) is 0. The molecule has 0 amide bonds. The molecule has 0 saturated carbocycles. The van der Waals surface area contributed by atoms with Gasteiger partial charge < -0.3 is 10.1 Å². The summed E-state index contributed by atoms with van der Waals surface area (Å²) in [5, 5.41) is 3.47. The van der Waals surface area contributed by atoms with Gasteiger partial charge in [-0.3, -0.25) is 0 Å². The Hall–Kier alpha value is -0.0800. The van der Waals surface area contributed by atoms with Crippen LogP contribution in [0.2, 0.25) is 0 Å². The maximum atomic E-state index is 5.40. The van der Waals surface area contributed by atoms with Crippen molar-refractivity contribution >= 4 is 0 Å². The molecule has 1 unspecified atom stereocenters. The second-order valence-electron chi connectivity index (χ2n) is 4.14. The molecule has 0 aliphatic carbocycles. The van der Waals surface area contributed by atoms with Crippen LogP contribution >= 0.6 is 0 Å². The van der Waals surface area contributed by atoms with E-state index >= 15 is 0 Å². The predicted octanol–water partition coefficient (Wildman–Crippen LogP) is 1.66. The molecule has 0 aromatic rings. The number of nitrogens with one attached hydrogen (secondary N) is 1. The molecule has 1 rings (SSSR count). The van der Waals surface area contributed by atoms with Gasteiger partial charge in [-0.2, -0.15) is 0 Å². The Balaban J connectivity index is 1.98. The molecular formula is C10H21NO. The monoisotopic (exact) mass is 171 g/mol. The Morgan fingerprint density at radius 3 is 2.92 bits per heavy atom. The molecule has 0 aromatic heterocycles. The number of ether oxygens (including phenoxy) is 1. The van der Waals surface area contributed by atoms with Crippen LogP contribution in [0.5, 0.6) is 0 Å². The molecule has 1 saturated heterocycles. The summed E-state index contributed by atoms with van der Waals surface area (Å²) in [6, 6.07) is 0. The smallest absolute Gasteiger partial charge is 0.0506 e. The molecular weight excluding hydrogens is 150 g/mol. The lowest BCUT2D eigenvalue weighted by atomic mass is 10.0. The van der Waals surface area contributed by atoms with Crippen LogP contribution in [0.3, 0.4) is 0 Å². The maximum Gasteiger partial charge on any atom is 0.0506 e. The average molecular weight is 171 g/mol. The fraction of sp³-hybridized carbons (Fsp3) is 1.00. The normalized spacial score (nSPS) is 24.8. The molecule has 0 aromatic carbocycles. The molecule has 1 atom stereocenters. The molecule has 0 bridgehead atoms. The van der Waals surface area contributed by atoms with Crippen LogP contribution < -0.4 is 5.32 Å². The van der Waals surface area contributed by atoms with Crippen LogP contribution in [-0.2, 0) is 4.74 Å². The maximum absolute atomic E-state index is 5.40. The molecule has 1 aliphatic heterocycles. The minimum Gasteiger partial charge on any atom is -0.381 e. The van der Waals surface area contributed by atoms with Crippen LogP contribution in [0, 0.1) is 11.8 Å². The third kappa shape index (κ3) is 4.07. The lowest BCUT2D eigenvalue weighted by Gasteiger charge is -2.22. The highest BCUT2D eigenvalue weighted by Crippen LogP contribution is 2.11. The fourth-order valence-electron chi connectivity index (χ4n) is 1.54. The van der Waals surface area contributed by atoms with Crippen LogP contribution in [0.1, 0.15) is 26.7 Å². The van der Waals surface area contributed by atoms with Gasteiger partial charge in [-0.15, -0.1) is 0 Å². The summed E-state index contributed by atoms with van der Waals surface area (Å²) in [4.78, 5) is 0. The zero-order valence-corrected chi connectivity index (χ0v) is 8.31. The summed E-state index contributed by atoms with van der Waals surface area (Å²) in [6.45, 7) is 8.69. The second-order valence-corrected chi connectivity index (χ2v) is 4.14. The first-order valence-electron chi connectivity index (χ1n) is 5.07. The van der Waals surface area contributed by atoms with Crippen molar-refractivity contribution in [2.45, 2.75) is 26.7 Å². The third-order valence-electron chi connectivity index (χ3n) is 2.24. The molecule has 0 radical (unpaired) electrons. The van der Waals surface area contributed by atoms with Crippen molar-refractivity contribution in [1.29, 1.82) is 0 Å². The van der Waals surface area contributed by atoms with E-state index in [0.717, 1.165) is 38.1 Å². The molecule has 72 valence electrons. The predicted molar refractivity (Wildman–Crippen MR) is 51.3 cm³/mol. The highest BCUT2D eigenvalue weighted by atomic mass is 16.5. The molecule has 1 N–H and O–H groups in total. The summed E-state index contributed by atoms with van der Waals surface area (Å²) >= 11 is 0. The standard InChI is InChI=1S/C10H21NO/c1-9(2)6-11-7-10-4-3-5-12-8-10/h9-11H,3-8H2,1-2H3. The zero-order valence-electron chi connectivity index (χ0n) is 8.31. The van der Waals surface area contributed by atoms with Gasteiger partial charge >= 0.3 is 0 Å². The summed E-state index contributed by atoms with van der Waals surface area (Å²) in [7, 11) is 0. The van der Waals surface area contributed by atoms with E-state index in [9.17, 15) is 0 Å². The van der Waals surface area contributed by atoms with E-state index < -0.39 is 0 Å². The van der Waals surface area contributed by atoms with Crippen LogP contribution in [0.15, 0.2) is 0 Å². The van der Waals surface area contributed by atoms with Gasteiger partial charge in [0.25, 0.3) is 0 Å². The second kappa shape index (κ2) is 5.55. The third-order valence-corrected chi connectivity index (χ3v) is 2.24. The molecule has 12 heavy (non-hydrogen) atoms. The van der Waals surface area contributed by atoms with Crippen molar-refractivity contribution in [2.75, 3.05) is 26.3 Å². The Morgan fingerprint density at radius 1 is 1.50 bits per heavy atom. The quantitative estimate of drug-likeness (QED) is 0.694. The van der Waals surface area contributed by atoms with E-state index in [1.54, 1.807) is 0 Å². The topological polar surface area (TPSA) is 21.3 Å².